The molecular formula is C14H19BrN2O3. The van der Waals surface area contributed by atoms with E-state index >= 15 is 0 Å². The molecule has 1 aromatic rings. The first-order valence-corrected chi connectivity index (χ1v) is 7.38. The molecule has 0 aliphatic carbocycles. The van der Waals surface area contributed by atoms with E-state index in [0.717, 1.165) is 23.9 Å². The summed E-state index contributed by atoms with van der Waals surface area (Å²) in [4.78, 5) is 12.0. The van der Waals surface area contributed by atoms with Gasteiger partial charge in [0.15, 0.2) is 11.5 Å². The Labute approximate surface area is 127 Å². The van der Waals surface area contributed by atoms with Crippen molar-refractivity contribution in [2.75, 3.05) is 26.1 Å². The molecule has 1 atom stereocenters. The van der Waals surface area contributed by atoms with Gasteiger partial charge in [-0.1, -0.05) is 0 Å². The van der Waals surface area contributed by atoms with Gasteiger partial charge in [0.2, 0.25) is 5.91 Å². The minimum atomic E-state index is -0.00248. The monoisotopic (exact) mass is 342 g/mol. The van der Waals surface area contributed by atoms with E-state index in [0.29, 0.717) is 23.6 Å². The van der Waals surface area contributed by atoms with Crippen molar-refractivity contribution in [1.29, 1.82) is 0 Å². The van der Waals surface area contributed by atoms with Crippen molar-refractivity contribution in [3.05, 3.63) is 16.6 Å². The normalized spacial score (nSPS) is 17.9. The number of benzene rings is 1. The summed E-state index contributed by atoms with van der Waals surface area (Å²) in [5, 5.41) is 6.21. The number of nitrogens with one attached hydrogen (secondary N) is 2. The van der Waals surface area contributed by atoms with Crippen LogP contribution in [0.1, 0.15) is 19.3 Å². The summed E-state index contributed by atoms with van der Waals surface area (Å²) in [5.41, 5.74) is 0.686. The number of carbonyl (C=O) groups is 1. The van der Waals surface area contributed by atoms with Gasteiger partial charge in [0.05, 0.1) is 19.9 Å². The highest BCUT2D eigenvalue weighted by atomic mass is 79.9. The standard InChI is InChI=1S/C14H19BrN2O3/c1-19-12-7-10(15)11(8-13(12)20-2)17-14(18)6-9-4-3-5-16-9/h7-9,16H,3-6H2,1-2H3,(H,17,18). The molecule has 0 saturated carbocycles. The molecule has 6 heteroatoms. The number of halogens is 1. The van der Waals surface area contributed by atoms with Crippen LogP contribution < -0.4 is 20.1 Å². The number of rotatable bonds is 5. The molecule has 1 unspecified atom stereocenters. The number of hydrogen-bond donors (Lipinski definition) is 2. The van der Waals surface area contributed by atoms with E-state index in [1.165, 1.54) is 0 Å². The Morgan fingerprint density at radius 3 is 2.70 bits per heavy atom. The lowest BCUT2D eigenvalue weighted by Gasteiger charge is -2.14. The largest absolute Gasteiger partial charge is 0.493 e. The first-order valence-electron chi connectivity index (χ1n) is 6.58. The van der Waals surface area contributed by atoms with Crippen molar-refractivity contribution < 1.29 is 14.3 Å². The molecule has 0 aromatic heterocycles. The second-order valence-corrected chi connectivity index (χ2v) is 5.59. The van der Waals surface area contributed by atoms with Gasteiger partial charge in [-0.25, -0.2) is 0 Å². The maximum Gasteiger partial charge on any atom is 0.225 e. The van der Waals surface area contributed by atoms with Crippen LogP contribution in [0.25, 0.3) is 0 Å². The SMILES string of the molecule is COc1cc(Br)c(NC(=O)CC2CCCN2)cc1OC. The van der Waals surface area contributed by atoms with Gasteiger partial charge in [-0.05, 0) is 35.3 Å². The van der Waals surface area contributed by atoms with Crippen LogP contribution in [-0.4, -0.2) is 32.7 Å². The lowest BCUT2D eigenvalue weighted by molar-refractivity contribution is -0.116. The zero-order valence-electron chi connectivity index (χ0n) is 11.7. The number of methoxy groups -OCH3 is 2. The molecule has 110 valence electrons. The van der Waals surface area contributed by atoms with E-state index < -0.39 is 0 Å². The van der Waals surface area contributed by atoms with Crippen LogP contribution in [0.5, 0.6) is 11.5 Å². The fourth-order valence-electron chi connectivity index (χ4n) is 2.31. The van der Waals surface area contributed by atoms with Crippen molar-refractivity contribution in [1.82, 2.24) is 5.32 Å². The van der Waals surface area contributed by atoms with Gasteiger partial charge in [0.25, 0.3) is 0 Å². The Hall–Kier alpha value is -1.27. The van der Waals surface area contributed by atoms with Crippen LogP contribution in [-0.2, 0) is 4.79 Å². The Kier molecular flexibility index (Phi) is 5.25. The number of hydrogen-bond acceptors (Lipinski definition) is 4. The van der Waals surface area contributed by atoms with Crippen LogP contribution in [0.4, 0.5) is 5.69 Å². The molecule has 2 rings (SSSR count). The first-order chi connectivity index (χ1) is 9.63. The molecule has 1 amide bonds. The van der Waals surface area contributed by atoms with Gasteiger partial charge in [-0.2, -0.15) is 0 Å². The third kappa shape index (κ3) is 3.64. The fraction of sp³-hybridized carbons (Fsp3) is 0.500. The molecule has 20 heavy (non-hydrogen) atoms. The number of anilines is 1. The molecule has 1 aliphatic rings. The zero-order chi connectivity index (χ0) is 14.5. The van der Waals surface area contributed by atoms with E-state index in [2.05, 4.69) is 26.6 Å². The van der Waals surface area contributed by atoms with Crippen LogP contribution in [0.3, 0.4) is 0 Å². The maximum absolute atomic E-state index is 12.0. The molecule has 0 bridgehead atoms. The number of amides is 1. The van der Waals surface area contributed by atoms with Crippen molar-refractivity contribution in [3.8, 4) is 11.5 Å². The summed E-state index contributed by atoms with van der Waals surface area (Å²) in [5.74, 6) is 1.21. The van der Waals surface area contributed by atoms with Crippen molar-refractivity contribution in [2.24, 2.45) is 0 Å². The van der Waals surface area contributed by atoms with E-state index in [-0.39, 0.29) is 11.9 Å². The molecule has 1 aliphatic heterocycles. The van der Waals surface area contributed by atoms with Gasteiger partial charge < -0.3 is 20.1 Å². The lowest BCUT2D eigenvalue weighted by atomic mass is 10.1. The Balaban J connectivity index is 2.06. The average molecular weight is 343 g/mol. The summed E-state index contributed by atoms with van der Waals surface area (Å²) in [6.07, 6.45) is 2.68. The topological polar surface area (TPSA) is 59.6 Å². The smallest absolute Gasteiger partial charge is 0.225 e. The summed E-state index contributed by atoms with van der Waals surface area (Å²) in [7, 11) is 3.15. The average Bonchev–Trinajstić information content (AvgIpc) is 2.93. The van der Waals surface area contributed by atoms with E-state index in [1.807, 2.05) is 0 Å². The van der Waals surface area contributed by atoms with Gasteiger partial charge in [-0.3, -0.25) is 4.79 Å². The predicted octanol–water partition coefficient (Wildman–Crippen LogP) is 2.55. The van der Waals surface area contributed by atoms with Gasteiger partial charge in [0, 0.05) is 29.1 Å². The first kappa shape index (κ1) is 15.1. The molecule has 1 saturated heterocycles. The number of ether oxygens (including phenoxy) is 2. The number of carbonyl (C=O) groups excluding carboxylic acids is 1. The Bertz CT molecular complexity index is 488. The predicted molar refractivity (Wildman–Crippen MR) is 81.5 cm³/mol. The van der Waals surface area contributed by atoms with Gasteiger partial charge >= 0.3 is 0 Å². The Morgan fingerprint density at radius 2 is 2.10 bits per heavy atom. The second kappa shape index (κ2) is 6.95. The van der Waals surface area contributed by atoms with E-state index in [9.17, 15) is 4.79 Å². The summed E-state index contributed by atoms with van der Waals surface area (Å²) in [6, 6.07) is 3.82. The van der Waals surface area contributed by atoms with E-state index in [4.69, 9.17) is 9.47 Å². The highest BCUT2D eigenvalue weighted by Gasteiger charge is 2.19. The van der Waals surface area contributed by atoms with Crippen LogP contribution in [0, 0.1) is 0 Å². The maximum atomic E-state index is 12.0. The molecule has 0 spiro atoms. The second-order valence-electron chi connectivity index (χ2n) is 4.73. The van der Waals surface area contributed by atoms with Crippen LogP contribution in [0.15, 0.2) is 16.6 Å². The minimum absolute atomic E-state index is 0.00248. The van der Waals surface area contributed by atoms with E-state index in [1.54, 1.807) is 26.4 Å². The van der Waals surface area contributed by atoms with Crippen LogP contribution in [0.2, 0.25) is 0 Å². The van der Waals surface area contributed by atoms with Crippen LogP contribution >= 0.6 is 15.9 Å². The quantitative estimate of drug-likeness (QED) is 0.863. The van der Waals surface area contributed by atoms with Gasteiger partial charge in [-0.15, -0.1) is 0 Å². The minimum Gasteiger partial charge on any atom is -0.493 e. The summed E-state index contributed by atoms with van der Waals surface area (Å²) in [6.45, 7) is 0.998. The fourth-order valence-corrected chi connectivity index (χ4v) is 2.73. The molecule has 1 heterocycles. The van der Waals surface area contributed by atoms with Gasteiger partial charge in [0.1, 0.15) is 0 Å². The third-order valence-corrected chi connectivity index (χ3v) is 4.00. The van der Waals surface area contributed by atoms with Crippen molar-refractivity contribution >= 4 is 27.5 Å². The van der Waals surface area contributed by atoms with Crippen molar-refractivity contribution in [2.45, 2.75) is 25.3 Å². The third-order valence-electron chi connectivity index (χ3n) is 3.34. The molecular weight excluding hydrogens is 324 g/mol. The lowest BCUT2D eigenvalue weighted by Crippen LogP contribution is -2.27. The highest BCUT2D eigenvalue weighted by molar-refractivity contribution is 9.10. The summed E-state index contributed by atoms with van der Waals surface area (Å²) < 4.78 is 11.2. The zero-order valence-corrected chi connectivity index (χ0v) is 13.2. The molecule has 0 radical (unpaired) electrons. The molecule has 5 nitrogen and oxygen atoms in total. The Morgan fingerprint density at radius 1 is 1.40 bits per heavy atom. The summed E-state index contributed by atoms with van der Waals surface area (Å²) >= 11 is 3.43. The van der Waals surface area contributed by atoms with Crippen molar-refractivity contribution in [3.63, 3.8) is 0 Å². The molecule has 2 N–H and O–H groups in total. The highest BCUT2D eigenvalue weighted by Crippen LogP contribution is 2.36. The molecule has 1 aromatic carbocycles. The molecule has 1 fully saturated rings.